The molecule has 2 aromatic rings. The van der Waals surface area contributed by atoms with Gasteiger partial charge in [-0.2, -0.15) is 0 Å². The van der Waals surface area contributed by atoms with Crippen molar-refractivity contribution in [3.63, 3.8) is 0 Å². The molecule has 0 amide bonds. The number of thiophene rings is 1. The number of rotatable bonds is 7. The highest BCUT2D eigenvalue weighted by Crippen LogP contribution is 2.21. The molecule has 0 saturated carbocycles. The van der Waals surface area contributed by atoms with E-state index in [9.17, 15) is 4.39 Å². The van der Waals surface area contributed by atoms with Crippen LogP contribution in [0.2, 0.25) is 0 Å². The summed E-state index contributed by atoms with van der Waals surface area (Å²) in [5.41, 5.74) is 1.05. The van der Waals surface area contributed by atoms with Crippen molar-refractivity contribution in [2.45, 2.75) is 32.2 Å². The molecule has 2 rings (SSSR count). The molecule has 1 atom stereocenters. The highest BCUT2D eigenvalue weighted by Gasteiger charge is 2.11. The Morgan fingerprint density at radius 3 is 2.84 bits per heavy atom. The largest absolute Gasteiger partial charge is 0.310 e. The Kier molecular flexibility index (Phi) is 5.55. The summed E-state index contributed by atoms with van der Waals surface area (Å²) in [6.45, 7) is 3.11. The molecule has 0 radical (unpaired) electrons. The van der Waals surface area contributed by atoms with Gasteiger partial charge in [-0.3, -0.25) is 0 Å². The van der Waals surface area contributed by atoms with Crippen molar-refractivity contribution < 1.29 is 4.39 Å². The molecule has 0 saturated heterocycles. The van der Waals surface area contributed by atoms with E-state index in [1.165, 1.54) is 10.9 Å². The Morgan fingerprint density at radius 1 is 1.26 bits per heavy atom. The predicted octanol–water partition coefficient (Wildman–Crippen LogP) is 4.56. The van der Waals surface area contributed by atoms with Crippen molar-refractivity contribution in [3.05, 3.63) is 58.0 Å². The summed E-state index contributed by atoms with van der Waals surface area (Å²) in [5, 5.41) is 5.62. The Hall–Kier alpha value is -1.19. The lowest BCUT2D eigenvalue weighted by molar-refractivity contribution is 0.497. The fourth-order valence-corrected chi connectivity index (χ4v) is 2.89. The van der Waals surface area contributed by atoms with E-state index in [-0.39, 0.29) is 11.9 Å². The van der Waals surface area contributed by atoms with Gasteiger partial charge in [0.2, 0.25) is 0 Å². The molecule has 1 heterocycles. The number of halogens is 1. The van der Waals surface area contributed by atoms with Gasteiger partial charge in [0.25, 0.3) is 0 Å². The fourth-order valence-electron chi connectivity index (χ4n) is 2.17. The lowest BCUT2D eigenvalue weighted by Gasteiger charge is -2.18. The zero-order valence-electron chi connectivity index (χ0n) is 11.2. The zero-order chi connectivity index (χ0) is 13.5. The van der Waals surface area contributed by atoms with Crippen molar-refractivity contribution in [1.29, 1.82) is 0 Å². The van der Waals surface area contributed by atoms with Crippen LogP contribution in [0.15, 0.2) is 41.8 Å². The molecule has 0 fully saturated rings. The van der Waals surface area contributed by atoms with Crippen molar-refractivity contribution in [1.82, 2.24) is 5.32 Å². The summed E-state index contributed by atoms with van der Waals surface area (Å²) in [5.74, 6) is -0.156. The number of aryl methyl sites for hydroxylation is 1. The smallest absolute Gasteiger partial charge is 0.123 e. The van der Waals surface area contributed by atoms with E-state index in [1.807, 2.05) is 6.07 Å². The molecule has 19 heavy (non-hydrogen) atoms. The molecule has 0 spiro atoms. The predicted molar refractivity (Wildman–Crippen MR) is 80.1 cm³/mol. The van der Waals surface area contributed by atoms with E-state index < -0.39 is 0 Å². The van der Waals surface area contributed by atoms with Gasteiger partial charge >= 0.3 is 0 Å². The molecule has 0 aliphatic carbocycles. The first-order chi connectivity index (χ1) is 9.29. The molecular formula is C16H20FNS. The van der Waals surface area contributed by atoms with Gasteiger partial charge in [-0.25, -0.2) is 4.39 Å². The van der Waals surface area contributed by atoms with E-state index in [0.29, 0.717) is 0 Å². The molecule has 1 nitrogen and oxygen atoms in total. The number of benzene rings is 1. The standard InChI is InChI=1S/C16H20FNS/c1-2-10-18-16(9-8-15-7-4-11-19-15)13-5-3-6-14(17)12-13/h3-7,11-12,16,18H,2,8-10H2,1H3. The maximum Gasteiger partial charge on any atom is 0.123 e. The second-order valence-corrected chi connectivity index (χ2v) is 5.71. The topological polar surface area (TPSA) is 12.0 Å². The monoisotopic (exact) mass is 277 g/mol. The first-order valence-corrected chi connectivity index (χ1v) is 7.68. The van der Waals surface area contributed by atoms with Gasteiger partial charge in [0.05, 0.1) is 0 Å². The van der Waals surface area contributed by atoms with Crippen LogP contribution in [-0.2, 0) is 6.42 Å². The molecule has 0 aliphatic rings. The maximum atomic E-state index is 13.3. The minimum absolute atomic E-state index is 0.156. The van der Waals surface area contributed by atoms with Gasteiger partial charge in [0.15, 0.2) is 0 Å². The Morgan fingerprint density at radius 2 is 2.16 bits per heavy atom. The summed E-state index contributed by atoms with van der Waals surface area (Å²) < 4.78 is 13.3. The summed E-state index contributed by atoms with van der Waals surface area (Å²) in [6.07, 6.45) is 3.13. The summed E-state index contributed by atoms with van der Waals surface area (Å²) >= 11 is 1.79. The highest BCUT2D eigenvalue weighted by molar-refractivity contribution is 7.09. The molecule has 1 unspecified atom stereocenters. The molecule has 1 aromatic heterocycles. The Bertz CT molecular complexity index is 481. The second-order valence-electron chi connectivity index (χ2n) is 4.68. The summed E-state index contributed by atoms with van der Waals surface area (Å²) in [6, 6.07) is 11.4. The Balaban J connectivity index is 2.02. The van der Waals surface area contributed by atoms with E-state index in [0.717, 1.165) is 31.4 Å². The minimum atomic E-state index is -0.156. The van der Waals surface area contributed by atoms with Crippen LogP contribution in [0.25, 0.3) is 0 Å². The van der Waals surface area contributed by atoms with Crippen molar-refractivity contribution in [2.24, 2.45) is 0 Å². The SMILES string of the molecule is CCCNC(CCc1cccs1)c1cccc(F)c1. The summed E-state index contributed by atoms with van der Waals surface area (Å²) in [7, 11) is 0. The fraction of sp³-hybridized carbons (Fsp3) is 0.375. The third-order valence-corrected chi connectivity index (χ3v) is 4.09. The van der Waals surface area contributed by atoms with Crippen molar-refractivity contribution >= 4 is 11.3 Å². The average molecular weight is 277 g/mol. The van der Waals surface area contributed by atoms with E-state index in [4.69, 9.17) is 0 Å². The maximum absolute atomic E-state index is 13.3. The van der Waals surface area contributed by atoms with Crippen LogP contribution in [-0.4, -0.2) is 6.54 Å². The van der Waals surface area contributed by atoms with Crippen LogP contribution in [0, 0.1) is 5.82 Å². The average Bonchev–Trinajstić information content (AvgIpc) is 2.92. The molecule has 3 heteroatoms. The molecular weight excluding hydrogens is 257 g/mol. The molecule has 0 bridgehead atoms. The van der Waals surface area contributed by atoms with Crippen LogP contribution in [0.3, 0.4) is 0 Å². The van der Waals surface area contributed by atoms with Gasteiger partial charge in [-0.15, -0.1) is 11.3 Å². The quantitative estimate of drug-likeness (QED) is 0.782. The van der Waals surface area contributed by atoms with Crippen molar-refractivity contribution in [2.75, 3.05) is 6.54 Å². The van der Waals surface area contributed by atoms with Crippen LogP contribution in [0.4, 0.5) is 4.39 Å². The molecule has 0 aliphatic heterocycles. The van der Waals surface area contributed by atoms with Crippen LogP contribution < -0.4 is 5.32 Å². The van der Waals surface area contributed by atoms with Crippen LogP contribution >= 0.6 is 11.3 Å². The number of nitrogens with one attached hydrogen (secondary N) is 1. The minimum Gasteiger partial charge on any atom is -0.310 e. The lowest BCUT2D eigenvalue weighted by Crippen LogP contribution is -2.22. The summed E-state index contributed by atoms with van der Waals surface area (Å²) in [4.78, 5) is 1.39. The lowest BCUT2D eigenvalue weighted by atomic mass is 10.0. The Labute approximate surface area is 118 Å². The first-order valence-electron chi connectivity index (χ1n) is 6.81. The van der Waals surface area contributed by atoms with E-state index >= 15 is 0 Å². The number of hydrogen-bond donors (Lipinski definition) is 1. The van der Waals surface area contributed by atoms with Gasteiger partial charge in [0, 0.05) is 10.9 Å². The van der Waals surface area contributed by atoms with Gasteiger partial charge in [-0.1, -0.05) is 25.1 Å². The zero-order valence-corrected chi connectivity index (χ0v) is 12.0. The van der Waals surface area contributed by atoms with E-state index in [1.54, 1.807) is 23.5 Å². The van der Waals surface area contributed by atoms with Gasteiger partial charge in [0.1, 0.15) is 5.82 Å². The van der Waals surface area contributed by atoms with Gasteiger partial charge < -0.3 is 5.32 Å². The third-order valence-electron chi connectivity index (χ3n) is 3.15. The molecule has 1 aromatic carbocycles. The highest BCUT2D eigenvalue weighted by atomic mass is 32.1. The third kappa shape index (κ3) is 4.44. The molecule has 1 N–H and O–H groups in total. The first kappa shape index (κ1) is 14.2. The number of hydrogen-bond acceptors (Lipinski definition) is 2. The van der Waals surface area contributed by atoms with Crippen molar-refractivity contribution in [3.8, 4) is 0 Å². The van der Waals surface area contributed by atoms with E-state index in [2.05, 4.69) is 29.8 Å². The second kappa shape index (κ2) is 7.41. The molecule has 102 valence electrons. The van der Waals surface area contributed by atoms with Crippen LogP contribution in [0.5, 0.6) is 0 Å². The van der Waals surface area contributed by atoms with Crippen LogP contribution in [0.1, 0.15) is 36.2 Å². The normalized spacial score (nSPS) is 12.5. The van der Waals surface area contributed by atoms with Gasteiger partial charge in [-0.05, 0) is 54.9 Å².